The first kappa shape index (κ1) is 11.7. The van der Waals surface area contributed by atoms with Gasteiger partial charge in [-0.25, -0.2) is 0 Å². The normalized spacial score (nSPS) is 12.4. The van der Waals surface area contributed by atoms with Gasteiger partial charge in [0.25, 0.3) is 0 Å². The van der Waals surface area contributed by atoms with Gasteiger partial charge in [0, 0.05) is 12.6 Å². The van der Waals surface area contributed by atoms with Crippen LogP contribution in [-0.4, -0.2) is 29.7 Å². The Morgan fingerprint density at radius 2 is 2.07 bits per heavy atom. The van der Waals surface area contributed by atoms with Crippen molar-refractivity contribution in [3.8, 4) is 6.07 Å². The summed E-state index contributed by atoms with van der Waals surface area (Å²) in [6.45, 7) is 3.00. The van der Waals surface area contributed by atoms with Crippen LogP contribution in [-0.2, 0) is 0 Å². The third-order valence-corrected chi connectivity index (χ3v) is 2.49. The molecule has 3 heteroatoms. The summed E-state index contributed by atoms with van der Waals surface area (Å²) >= 11 is 0. The number of nitriles is 1. The van der Waals surface area contributed by atoms with E-state index in [9.17, 15) is 0 Å². The van der Waals surface area contributed by atoms with Crippen molar-refractivity contribution in [2.75, 3.05) is 19.7 Å². The lowest BCUT2D eigenvalue weighted by Crippen LogP contribution is -2.30. The third kappa shape index (κ3) is 3.35. The Balaban J connectivity index is 2.72. The number of hydrogen-bond donors (Lipinski definition) is 1. The highest BCUT2D eigenvalue weighted by Crippen LogP contribution is 2.18. The zero-order valence-corrected chi connectivity index (χ0v) is 8.93. The fourth-order valence-corrected chi connectivity index (χ4v) is 1.57. The van der Waals surface area contributed by atoms with Crippen LogP contribution < -0.4 is 0 Å². The lowest BCUT2D eigenvalue weighted by molar-refractivity contribution is 0.174. The molecule has 0 aliphatic heterocycles. The Bertz CT molecular complexity index is 318. The van der Waals surface area contributed by atoms with E-state index >= 15 is 0 Å². The summed E-state index contributed by atoms with van der Waals surface area (Å²) in [6, 6.07) is 12.3. The highest BCUT2D eigenvalue weighted by Gasteiger charge is 2.13. The van der Waals surface area contributed by atoms with Crippen LogP contribution in [0.15, 0.2) is 30.3 Å². The van der Waals surface area contributed by atoms with Gasteiger partial charge in [-0.05, 0) is 12.5 Å². The molecule has 3 nitrogen and oxygen atoms in total. The minimum Gasteiger partial charge on any atom is -0.395 e. The average Bonchev–Trinajstić information content (AvgIpc) is 2.29. The molecule has 80 valence electrons. The number of nitrogens with zero attached hydrogens (tertiary/aromatic N) is 2. The molecule has 0 unspecified atom stereocenters. The molecular weight excluding hydrogens is 188 g/mol. The Morgan fingerprint density at radius 1 is 1.40 bits per heavy atom. The second-order valence-corrected chi connectivity index (χ2v) is 3.44. The van der Waals surface area contributed by atoms with Gasteiger partial charge in [0.15, 0.2) is 0 Å². The Morgan fingerprint density at radius 3 is 2.60 bits per heavy atom. The second kappa shape index (κ2) is 6.18. The molecule has 1 aromatic rings. The molecule has 0 saturated heterocycles. The number of benzene rings is 1. The van der Waals surface area contributed by atoms with E-state index in [0.717, 1.165) is 0 Å². The first-order valence-electron chi connectivity index (χ1n) is 5.06. The van der Waals surface area contributed by atoms with Crippen molar-refractivity contribution in [3.05, 3.63) is 35.9 Å². The minimum absolute atomic E-state index is 0.0822. The van der Waals surface area contributed by atoms with Gasteiger partial charge in [-0.1, -0.05) is 30.3 Å². The van der Waals surface area contributed by atoms with E-state index in [2.05, 4.69) is 6.07 Å². The molecule has 0 aliphatic carbocycles. The van der Waals surface area contributed by atoms with E-state index in [1.807, 2.05) is 42.2 Å². The summed E-state index contributed by atoms with van der Waals surface area (Å²) in [4.78, 5) is 1.95. The Hall–Kier alpha value is -1.37. The van der Waals surface area contributed by atoms with Crippen molar-refractivity contribution in [1.29, 1.82) is 5.26 Å². The third-order valence-electron chi connectivity index (χ3n) is 2.49. The molecule has 0 aliphatic rings. The van der Waals surface area contributed by atoms with Crippen LogP contribution in [0.4, 0.5) is 0 Å². The molecule has 1 atom stereocenters. The molecule has 0 saturated carbocycles. The molecule has 1 aromatic carbocycles. The summed E-state index contributed by atoms with van der Waals surface area (Å²) in [5, 5.41) is 17.6. The maximum absolute atomic E-state index is 8.91. The Kier molecular flexibility index (Phi) is 4.82. The van der Waals surface area contributed by atoms with Crippen molar-refractivity contribution in [1.82, 2.24) is 4.90 Å². The SMILES string of the molecule is C[C@@H](c1ccccc1)N(CC#N)CCO. The molecule has 0 amide bonds. The lowest BCUT2D eigenvalue weighted by atomic mass is 10.1. The van der Waals surface area contributed by atoms with Crippen molar-refractivity contribution in [2.24, 2.45) is 0 Å². The quantitative estimate of drug-likeness (QED) is 0.740. The summed E-state index contributed by atoms with van der Waals surface area (Å²) < 4.78 is 0. The van der Waals surface area contributed by atoms with E-state index in [4.69, 9.17) is 10.4 Å². The highest BCUT2D eigenvalue weighted by atomic mass is 16.3. The smallest absolute Gasteiger partial charge is 0.0871 e. The van der Waals surface area contributed by atoms with Crippen molar-refractivity contribution >= 4 is 0 Å². The van der Waals surface area contributed by atoms with Crippen molar-refractivity contribution in [2.45, 2.75) is 13.0 Å². The maximum Gasteiger partial charge on any atom is 0.0871 e. The zero-order valence-electron chi connectivity index (χ0n) is 8.93. The van der Waals surface area contributed by atoms with Gasteiger partial charge in [0.2, 0.25) is 0 Å². The van der Waals surface area contributed by atoms with E-state index in [1.165, 1.54) is 5.56 Å². The Labute approximate surface area is 90.6 Å². The van der Waals surface area contributed by atoms with E-state index in [-0.39, 0.29) is 12.6 Å². The van der Waals surface area contributed by atoms with Gasteiger partial charge in [-0.15, -0.1) is 0 Å². The number of aliphatic hydroxyl groups excluding tert-OH is 1. The van der Waals surface area contributed by atoms with Gasteiger partial charge >= 0.3 is 0 Å². The molecule has 0 heterocycles. The standard InChI is InChI=1S/C12H16N2O/c1-11(12-5-3-2-4-6-12)14(8-7-13)9-10-15/h2-6,11,15H,8-10H2,1H3/t11-/m0/s1. The van der Waals surface area contributed by atoms with Crippen LogP contribution in [0.5, 0.6) is 0 Å². The summed E-state index contributed by atoms with van der Waals surface area (Å²) in [5.74, 6) is 0. The second-order valence-electron chi connectivity index (χ2n) is 3.44. The first-order chi connectivity index (χ1) is 7.29. The molecule has 0 aromatic heterocycles. The molecule has 1 N–H and O–H groups in total. The topological polar surface area (TPSA) is 47.3 Å². The molecule has 0 bridgehead atoms. The van der Waals surface area contributed by atoms with Crippen LogP contribution in [0.2, 0.25) is 0 Å². The highest BCUT2D eigenvalue weighted by molar-refractivity contribution is 5.18. The van der Waals surface area contributed by atoms with Crippen molar-refractivity contribution in [3.63, 3.8) is 0 Å². The van der Waals surface area contributed by atoms with E-state index in [0.29, 0.717) is 13.1 Å². The fraction of sp³-hybridized carbons (Fsp3) is 0.417. The summed E-state index contributed by atoms with van der Waals surface area (Å²) in [6.07, 6.45) is 0. The predicted octanol–water partition coefficient (Wildman–Crippen LogP) is 1.57. The van der Waals surface area contributed by atoms with Crippen molar-refractivity contribution < 1.29 is 5.11 Å². The average molecular weight is 204 g/mol. The summed E-state index contributed by atoms with van der Waals surface area (Å²) in [5.41, 5.74) is 1.17. The van der Waals surface area contributed by atoms with Crippen LogP contribution in [0.3, 0.4) is 0 Å². The van der Waals surface area contributed by atoms with Crippen LogP contribution in [0, 0.1) is 11.3 Å². The molecule has 0 radical (unpaired) electrons. The maximum atomic E-state index is 8.91. The van der Waals surface area contributed by atoms with Gasteiger partial charge in [-0.2, -0.15) is 5.26 Å². The first-order valence-corrected chi connectivity index (χ1v) is 5.06. The lowest BCUT2D eigenvalue weighted by Gasteiger charge is -2.26. The molecule has 15 heavy (non-hydrogen) atoms. The zero-order chi connectivity index (χ0) is 11.1. The van der Waals surface area contributed by atoms with Crippen LogP contribution >= 0.6 is 0 Å². The van der Waals surface area contributed by atoms with Gasteiger partial charge < -0.3 is 5.11 Å². The molecular formula is C12H16N2O. The molecule has 1 rings (SSSR count). The predicted molar refractivity (Wildman–Crippen MR) is 59.1 cm³/mol. The van der Waals surface area contributed by atoms with Crippen LogP contribution in [0.25, 0.3) is 0 Å². The largest absolute Gasteiger partial charge is 0.395 e. The molecule has 0 fully saturated rings. The van der Waals surface area contributed by atoms with Gasteiger partial charge in [0.05, 0.1) is 19.2 Å². The number of rotatable bonds is 5. The van der Waals surface area contributed by atoms with Gasteiger partial charge in [0.1, 0.15) is 0 Å². The van der Waals surface area contributed by atoms with E-state index in [1.54, 1.807) is 0 Å². The summed E-state index contributed by atoms with van der Waals surface area (Å²) in [7, 11) is 0. The van der Waals surface area contributed by atoms with Crippen LogP contribution in [0.1, 0.15) is 18.5 Å². The van der Waals surface area contributed by atoms with Gasteiger partial charge in [-0.3, -0.25) is 4.90 Å². The fourth-order valence-electron chi connectivity index (χ4n) is 1.57. The van der Waals surface area contributed by atoms with E-state index < -0.39 is 0 Å². The minimum atomic E-state index is 0.0822. The number of hydrogen-bond acceptors (Lipinski definition) is 3. The molecule has 0 spiro atoms. The number of aliphatic hydroxyl groups is 1. The monoisotopic (exact) mass is 204 g/mol.